The third-order valence-corrected chi connectivity index (χ3v) is 5.80. The van der Waals surface area contributed by atoms with Crippen molar-refractivity contribution in [2.24, 2.45) is 0 Å². The van der Waals surface area contributed by atoms with Crippen LogP contribution in [0.5, 0.6) is 0 Å². The lowest BCUT2D eigenvalue weighted by molar-refractivity contribution is 0.0949. The Bertz CT molecular complexity index is 862. The molecule has 0 fully saturated rings. The minimum Gasteiger partial charge on any atom is -0.273 e. The molecule has 1 aromatic carbocycles. The van der Waals surface area contributed by atoms with Crippen LogP contribution in [0, 0.1) is 18.3 Å². The topological polar surface area (TPSA) is 99.1 Å². The summed E-state index contributed by atoms with van der Waals surface area (Å²) >= 11 is 1.34. The minimum atomic E-state index is -3.88. The number of carbonyl (C=O) groups excluding carboxylic acids is 1. The lowest BCUT2D eigenvalue weighted by Crippen LogP contribution is -2.41. The molecular weight excluding hydrogens is 334 g/mol. The molecule has 8 heteroatoms. The lowest BCUT2D eigenvalue weighted by Gasteiger charge is -2.07. The number of carbonyl (C=O) groups is 1. The normalized spacial score (nSPS) is 11.0. The molecule has 0 saturated carbocycles. The third-order valence-electron chi connectivity index (χ3n) is 3.16. The molecule has 0 aliphatic rings. The number of rotatable bonds is 5. The van der Waals surface area contributed by atoms with Gasteiger partial charge in [0.1, 0.15) is 0 Å². The predicted octanol–water partition coefficient (Wildman–Crippen LogP) is 2.11. The Morgan fingerprint density at radius 2 is 1.96 bits per heavy atom. The second-order valence-corrected chi connectivity index (χ2v) is 7.59. The molecule has 6 nitrogen and oxygen atoms in total. The van der Waals surface area contributed by atoms with Crippen LogP contribution in [0.4, 0.5) is 0 Å². The number of thiophene rings is 1. The Kier molecular flexibility index (Phi) is 5.15. The summed E-state index contributed by atoms with van der Waals surface area (Å²) in [7, 11) is -3.88. The highest BCUT2D eigenvalue weighted by Crippen LogP contribution is 2.22. The fraction of sp³-hybridized carbons (Fsp3) is 0.200. The summed E-state index contributed by atoms with van der Waals surface area (Å²) in [5, 5.41) is 8.71. The second-order valence-electron chi connectivity index (χ2n) is 4.77. The number of benzene rings is 1. The lowest BCUT2D eigenvalue weighted by atomic mass is 10.2. The van der Waals surface area contributed by atoms with E-state index in [4.69, 9.17) is 5.26 Å². The first-order chi connectivity index (χ1) is 10.9. The number of hydrogen-bond acceptors (Lipinski definition) is 5. The quantitative estimate of drug-likeness (QED) is 0.808. The van der Waals surface area contributed by atoms with E-state index >= 15 is 0 Å². The van der Waals surface area contributed by atoms with Crippen LogP contribution in [0.3, 0.4) is 0 Å². The highest BCUT2D eigenvalue weighted by Gasteiger charge is 2.17. The van der Waals surface area contributed by atoms with Crippen molar-refractivity contribution in [1.29, 1.82) is 5.26 Å². The number of hydrogen-bond donors (Lipinski definition) is 2. The maximum absolute atomic E-state index is 12.1. The van der Waals surface area contributed by atoms with E-state index in [1.807, 2.05) is 19.9 Å². The van der Waals surface area contributed by atoms with Crippen molar-refractivity contribution in [1.82, 2.24) is 10.3 Å². The molecule has 120 valence electrons. The number of aryl methyl sites for hydroxylation is 2. The van der Waals surface area contributed by atoms with Crippen molar-refractivity contribution >= 4 is 27.3 Å². The fourth-order valence-corrected chi connectivity index (χ4v) is 3.77. The first-order valence-electron chi connectivity index (χ1n) is 6.79. The molecule has 2 aromatic rings. The van der Waals surface area contributed by atoms with E-state index in [1.165, 1.54) is 35.6 Å². The summed E-state index contributed by atoms with van der Waals surface area (Å²) in [5.74, 6) is -0.505. The molecule has 23 heavy (non-hydrogen) atoms. The second kappa shape index (κ2) is 6.91. The molecule has 0 saturated heterocycles. The molecule has 1 heterocycles. The van der Waals surface area contributed by atoms with Gasteiger partial charge in [-0.3, -0.25) is 10.2 Å². The van der Waals surface area contributed by atoms with Gasteiger partial charge in [-0.2, -0.15) is 5.26 Å². The van der Waals surface area contributed by atoms with Gasteiger partial charge >= 0.3 is 0 Å². The van der Waals surface area contributed by atoms with Crippen molar-refractivity contribution < 1.29 is 13.2 Å². The minimum absolute atomic E-state index is 0.0339. The Hall–Kier alpha value is -2.21. The van der Waals surface area contributed by atoms with Crippen LogP contribution in [-0.2, 0) is 16.4 Å². The van der Waals surface area contributed by atoms with Gasteiger partial charge in [0.05, 0.1) is 21.4 Å². The maximum atomic E-state index is 12.1. The SMILES string of the molecule is CCc1sc(C(=O)NNS(=O)(=O)c2ccc(C#N)cc2)cc1C. The Morgan fingerprint density at radius 1 is 1.30 bits per heavy atom. The smallest absolute Gasteiger partial charge is 0.273 e. The Morgan fingerprint density at radius 3 is 2.48 bits per heavy atom. The average molecular weight is 349 g/mol. The molecule has 1 aromatic heterocycles. The van der Waals surface area contributed by atoms with Gasteiger partial charge < -0.3 is 0 Å². The number of amides is 1. The first kappa shape index (κ1) is 17.1. The number of nitrogens with zero attached hydrogens (tertiary/aromatic N) is 1. The average Bonchev–Trinajstić information content (AvgIpc) is 2.93. The highest BCUT2D eigenvalue weighted by atomic mass is 32.2. The number of hydrazine groups is 1. The van der Waals surface area contributed by atoms with Gasteiger partial charge in [-0.05, 0) is 49.2 Å². The predicted molar refractivity (Wildman–Crippen MR) is 87.4 cm³/mol. The van der Waals surface area contributed by atoms with Gasteiger partial charge in [-0.15, -0.1) is 16.2 Å². The van der Waals surface area contributed by atoms with Crippen molar-refractivity contribution in [3.63, 3.8) is 0 Å². The van der Waals surface area contributed by atoms with E-state index in [-0.39, 0.29) is 4.90 Å². The van der Waals surface area contributed by atoms with Gasteiger partial charge in [0.25, 0.3) is 15.9 Å². The van der Waals surface area contributed by atoms with E-state index in [1.54, 1.807) is 6.07 Å². The van der Waals surface area contributed by atoms with E-state index in [0.29, 0.717) is 10.4 Å². The molecule has 2 rings (SSSR count). The molecule has 0 aliphatic carbocycles. The molecule has 2 N–H and O–H groups in total. The van der Waals surface area contributed by atoms with Crippen LogP contribution in [0.1, 0.15) is 32.6 Å². The molecule has 0 radical (unpaired) electrons. The zero-order chi connectivity index (χ0) is 17.0. The number of sulfonamides is 1. The molecule has 0 spiro atoms. The summed E-state index contributed by atoms with van der Waals surface area (Å²) in [6.45, 7) is 3.90. The van der Waals surface area contributed by atoms with Crippen molar-refractivity contribution in [3.8, 4) is 6.07 Å². The van der Waals surface area contributed by atoms with E-state index in [9.17, 15) is 13.2 Å². The molecular formula is C15H15N3O3S2. The van der Waals surface area contributed by atoms with E-state index < -0.39 is 15.9 Å². The summed E-state index contributed by atoms with van der Waals surface area (Å²) in [4.78, 5) is 15.6. The van der Waals surface area contributed by atoms with Gasteiger partial charge in [-0.25, -0.2) is 8.42 Å². The summed E-state index contributed by atoms with van der Waals surface area (Å²) in [6.07, 6.45) is 0.820. The zero-order valence-corrected chi connectivity index (χ0v) is 14.2. The standard InChI is InChI=1S/C15H15N3O3S2/c1-3-13-10(2)8-14(22-13)15(19)17-18-23(20,21)12-6-4-11(9-16)5-7-12/h4-8,18H,3H2,1-2H3,(H,17,19). The van der Waals surface area contributed by atoms with Gasteiger partial charge in [0.15, 0.2) is 0 Å². The van der Waals surface area contributed by atoms with Gasteiger partial charge in [0.2, 0.25) is 0 Å². The summed E-state index contributed by atoms with van der Waals surface area (Å²) < 4.78 is 24.2. The van der Waals surface area contributed by atoms with Crippen LogP contribution in [-0.4, -0.2) is 14.3 Å². The number of nitriles is 1. The summed E-state index contributed by atoms with van der Waals surface area (Å²) in [5.41, 5.74) is 3.57. The monoisotopic (exact) mass is 349 g/mol. The van der Waals surface area contributed by atoms with Gasteiger partial charge in [-0.1, -0.05) is 6.92 Å². The van der Waals surface area contributed by atoms with Crippen LogP contribution < -0.4 is 10.3 Å². The maximum Gasteiger partial charge on any atom is 0.276 e. The number of nitrogens with one attached hydrogen (secondary N) is 2. The van der Waals surface area contributed by atoms with Crippen LogP contribution in [0.2, 0.25) is 0 Å². The highest BCUT2D eigenvalue weighted by molar-refractivity contribution is 7.89. The van der Waals surface area contributed by atoms with Crippen molar-refractivity contribution in [2.45, 2.75) is 25.2 Å². The third kappa shape index (κ3) is 3.96. The van der Waals surface area contributed by atoms with Crippen LogP contribution >= 0.6 is 11.3 Å². The van der Waals surface area contributed by atoms with E-state index in [0.717, 1.165) is 16.9 Å². The molecule has 1 amide bonds. The van der Waals surface area contributed by atoms with Crippen LogP contribution in [0.25, 0.3) is 0 Å². The summed E-state index contributed by atoms with van der Waals surface area (Å²) in [6, 6.07) is 9.03. The Labute approximate surface area is 138 Å². The molecule has 0 unspecified atom stereocenters. The zero-order valence-electron chi connectivity index (χ0n) is 12.6. The molecule has 0 aliphatic heterocycles. The Balaban J connectivity index is 2.08. The first-order valence-corrected chi connectivity index (χ1v) is 9.09. The van der Waals surface area contributed by atoms with Crippen molar-refractivity contribution in [3.05, 3.63) is 51.2 Å². The fourth-order valence-electron chi connectivity index (χ4n) is 1.93. The molecule has 0 bridgehead atoms. The van der Waals surface area contributed by atoms with Crippen LogP contribution in [0.15, 0.2) is 35.2 Å². The molecule has 0 atom stereocenters. The van der Waals surface area contributed by atoms with E-state index in [2.05, 4.69) is 10.3 Å². The van der Waals surface area contributed by atoms with Crippen molar-refractivity contribution in [2.75, 3.05) is 0 Å². The largest absolute Gasteiger partial charge is 0.276 e. The van der Waals surface area contributed by atoms with Gasteiger partial charge in [0, 0.05) is 4.88 Å².